The van der Waals surface area contributed by atoms with Gasteiger partial charge in [-0.2, -0.15) is 4.31 Å². The zero-order chi connectivity index (χ0) is 25.4. The van der Waals surface area contributed by atoms with E-state index >= 15 is 0 Å². The van der Waals surface area contributed by atoms with E-state index in [9.17, 15) is 13.2 Å². The molecule has 0 spiro atoms. The molecule has 0 saturated heterocycles. The Hall–Kier alpha value is -3.94. The molecule has 0 aliphatic heterocycles. The number of nitrogens with zero attached hydrogens (tertiary/aromatic N) is 1. The van der Waals surface area contributed by atoms with E-state index in [2.05, 4.69) is 5.32 Å². The molecular weight excluding hydrogens is 472 g/mol. The molecule has 4 aromatic rings. The monoisotopic (exact) mass is 500 g/mol. The maximum Gasteiger partial charge on any atom is 0.244 e. The standard InChI is InChI=1S/C29H28N2O4S/c1-23(29(32)30-26-17-19-27(20-18-26)35-22-25-13-7-3-8-14-25)31(21-24-11-5-2-6-12-24)36(33,34)28-15-9-4-10-16-28/h2-20,23H,21-22H2,1H3,(H,30,32). The largest absolute Gasteiger partial charge is 0.489 e. The highest BCUT2D eigenvalue weighted by Gasteiger charge is 2.33. The Balaban J connectivity index is 1.48. The van der Waals surface area contributed by atoms with E-state index in [1.807, 2.05) is 60.7 Å². The minimum atomic E-state index is -3.92. The van der Waals surface area contributed by atoms with Crippen LogP contribution in [0.15, 0.2) is 120 Å². The van der Waals surface area contributed by atoms with Crippen LogP contribution in [0.3, 0.4) is 0 Å². The van der Waals surface area contributed by atoms with Gasteiger partial charge < -0.3 is 10.1 Å². The van der Waals surface area contributed by atoms with E-state index in [-0.39, 0.29) is 11.4 Å². The molecule has 0 fully saturated rings. The summed E-state index contributed by atoms with van der Waals surface area (Å²) in [6.07, 6.45) is 0. The lowest BCUT2D eigenvalue weighted by Crippen LogP contribution is -2.45. The van der Waals surface area contributed by atoms with Gasteiger partial charge in [0, 0.05) is 12.2 Å². The molecule has 36 heavy (non-hydrogen) atoms. The van der Waals surface area contributed by atoms with E-state index in [1.165, 1.54) is 16.4 Å². The Morgan fingerprint density at radius 3 is 1.89 bits per heavy atom. The molecule has 1 atom stereocenters. The molecule has 184 valence electrons. The summed E-state index contributed by atoms with van der Waals surface area (Å²) in [5, 5.41) is 2.83. The van der Waals surface area contributed by atoms with Gasteiger partial charge in [0.1, 0.15) is 18.4 Å². The van der Waals surface area contributed by atoms with Crippen LogP contribution in [0.1, 0.15) is 18.1 Å². The third-order valence-electron chi connectivity index (χ3n) is 5.71. The van der Waals surface area contributed by atoms with Crippen molar-refractivity contribution in [3.63, 3.8) is 0 Å². The summed E-state index contributed by atoms with van der Waals surface area (Å²) in [6.45, 7) is 2.10. The molecule has 0 heterocycles. The number of benzene rings is 4. The Bertz CT molecular complexity index is 1360. The van der Waals surface area contributed by atoms with Crippen LogP contribution < -0.4 is 10.1 Å². The van der Waals surface area contributed by atoms with Crippen molar-refractivity contribution in [2.24, 2.45) is 0 Å². The van der Waals surface area contributed by atoms with Crippen LogP contribution >= 0.6 is 0 Å². The molecule has 0 aliphatic rings. The van der Waals surface area contributed by atoms with Crippen molar-refractivity contribution in [1.82, 2.24) is 4.31 Å². The number of hydrogen-bond donors (Lipinski definition) is 1. The summed E-state index contributed by atoms with van der Waals surface area (Å²) in [7, 11) is -3.92. The first-order chi connectivity index (χ1) is 17.4. The SMILES string of the molecule is CC(C(=O)Nc1ccc(OCc2ccccc2)cc1)N(Cc1ccccc1)S(=O)(=O)c1ccccc1. The van der Waals surface area contributed by atoms with Gasteiger partial charge in [-0.25, -0.2) is 8.42 Å². The molecule has 1 amide bonds. The summed E-state index contributed by atoms with van der Waals surface area (Å²) in [6, 6.07) is 33.3. The first kappa shape index (κ1) is 25.2. The van der Waals surface area contributed by atoms with Gasteiger partial charge in [-0.1, -0.05) is 78.9 Å². The number of hydrogen-bond acceptors (Lipinski definition) is 4. The van der Waals surface area contributed by atoms with Gasteiger partial charge in [-0.05, 0) is 54.4 Å². The van der Waals surface area contributed by atoms with Gasteiger partial charge in [-0.3, -0.25) is 4.79 Å². The molecule has 1 N–H and O–H groups in total. The van der Waals surface area contributed by atoms with Crippen molar-refractivity contribution >= 4 is 21.6 Å². The normalized spacial score (nSPS) is 12.2. The number of ether oxygens (including phenoxy) is 1. The highest BCUT2D eigenvalue weighted by molar-refractivity contribution is 7.89. The lowest BCUT2D eigenvalue weighted by molar-refractivity contribution is -0.119. The lowest BCUT2D eigenvalue weighted by atomic mass is 10.2. The third kappa shape index (κ3) is 6.38. The van der Waals surface area contributed by atoms with Gasteiger partial charge in [-0.15, -0.1) is 0 Å². The molecule has 0 radical (unpaired) electrons. The van der Waals surface area contributed by atoms with Crippen LogP contribution in [0.5, 0.6) is 5.75 Å². The summed E-state index contributed by atoms with van der Waals surface area (Å²) in [5.41, 5.74) is 2.40. The summed E-state index contributed by atoms with van der Waals surface area (Å²) in [5.74, 6) is 0.241. The van der Waals surface area contributed by atoms with Crippen LogP contribution in [0, 0.1) is 0 Å². The van der Waals surface area contributed by atoms with E-state index in [0.29, 0.717) is 18.0 Å². The van der Waals surface area contributed by atoms with Gasteiger partial charge in [0.2, 0.25) is 15.9 Å². The molecule has 4 rings (SSSR count). The average Bonchev–Trinajstić information content (AvgIpc) is 2.92. The van der Waals surface area contributed by atoms with Gasteiger partial charge >= 0.3 is 0 Å². The predicted molar refractivity (Wildman–Crippen MR) is 141 cm³/mol. The molecule has 0 bridgehead atoms. The first-order valence-corrected chi connectivity index (χ1v) is 13.1. The van der Waals surface area contributed by atoms with E-state index in [0.717, 1.165) is 11.1 Å². The first-order valence-electron chi connectivity index (χ1n) is 11.6. The van der Waals surface area contributed by atoms with E-state index < -0.39 is 22.0 Å². The number of carbonyl (C=O) groups excluding carboxylic acids is 1. The number of anilines is 1. The Morgan fingerprint density at radius 2 is 1.31 bits per heavy atom. The van der Waals surface area contributed by atoms with E-state index in [1.54, 1.807) is 49.4 Å². The Morgan fingerprint density at radius 1 is 0.778 bits per heavy atom. The Labute approximate surface area is 212 Å². The fourth-order valence-corrected chi connectivity index (χ4v) is 5.28. The molecule has 7 heteroatoms. The molecule has 0 saturated carbocycles. The number of rotatable bonds is 10. The maximum absolute atomic E-state index is 13.5. The van der Waals surface area contributed by atoms with Crippen LogP contribution in [0.2, 0.25) is 0 Å². The smallest absolute Gasteiger partial charge is 0.244 e. The van der Waals surface area contributed by atoms with Crippen LogP contribution in [0.25, 0.3) is 0 Å². The number of amides is 1. The molecule has 4 aromatic carbocycles. The minimum Gasteiger partial charge on any atom is -0.489 e. The van der Waals surface area contributed by atoms with Crippen molar-refractivity contribution < 1.29 is 17.9 Å². The van der Waals surface area contributed by atoms with Crippen molar-refractivity contribution in [3.05, 3.63) is 126 Å². The second kappa shape index (κ2) is 11.7. The maximum atomic E-state index is 13.5. The summed E-state index contributed by atoms with van der Waals surface area (Å²) in [4.78, 5) is 13.3. The van der Waals surface area contributed by atoms with Crippen molar-refractivity contribution in [1.29, 1.82) is 0 Å². The second-order valence-corrected chi connectivity index (χ2v) is 10.2. The highest BCUT2D eigenvalue weighted by atomic mass is 32.2. The molecule has 0 aliphatic carbocycles. The molecule has 0 aromatic heterocycles. The average molecular weight is 501 g/mol. The molecule has 6 nitrogen and oxygen atoms in total. The van der Waals surface area contributed by atoms with Crippen molar-refractivity contribution in [2.45, 2.75) is 31.0 Å². The zero-order valence-electron chi connectivity index (χ0n) is 19.9. The fraction of sp³-hybridized carbons (Fsp3) is 0.138. The van der Waals surface area contributed by atoms with Crippen molar-refractivity contribution in [3.8, 4) is 5.75 Å². The van der Waals surface area contributed by atoms with Gasteiger partial charge in [0.25, 0.3) is 0 Å². The molecular formula is C29H28N2O4S. The lowest BCUT2D eigenvalue weighted by Gasteiger charge is -2.28. The van der Waals surface area contributed by atoms with Gasteiger partial charge in [0.05, 0.1) is 4.90 Å². The predicted octanol–water partition coefficient (Wildman–Crippen LogP) is 5.48. The summed E-state index contributed by atoms with van der Waals surface area (Å²) >= 11 is 0. The van der Waals surface area contributed by atoms with E-state index in [4.69, 9.17) is 4.74 Å². The van der Waals surface area contributed by atoms with Crippen LogP contribution in [0.4, 0.5) is 5.69 Å². The number of sulfonamides is 1. The quantitative estimate of drug-likeness (QED) is 0.313. The zero-order valence-corrected chi connectivity index (χ0v) is 20.8. The number of nitrogens with one attached hydrogen (secondary N) is 1. The van der Waals surface area contributed by atoms with Crippen LogP contribution in [-0.4, -0.2) is 24.7 Å². The van der Waals surface area contributed by atoms with Gasteiger partial charge in [0.15, 0.2) is 0 Å². The van der Waals surface area contributed by atoms with Crippen LogP contribution in [-0.2, 0) is 28.0 Å². The Kier molecular flexibility index (Phi) is 8.15. The fourth-order valence-electron chi connectivity index (χ4n) is 3.67. The second-order valence-electron chi connectivity index (χ2n) is 8.31. The molecule has 1 unspecified atom stereocenters. The minimum absolute atomic E-state index is 0.0684. The van der Waals surface area contributed by atoms with Crippen molar-refractivity contribution in [2.75, 3.05) is 5.32 Å². The topological polar surface area (TPSA) is 75.7 Å². The highest BCUT2D eigenvalue weighted by Crippen LogP contribution is 2.23. The summed E-state index contributed by atoms with van der Waals surface area (Å²) < 4.78 is 34.0. The number of carbonyl (C=O) groups is 1. The third-order valence-corrected chi connectivity index (χ3v) is 7.64.